The molecule has 0 spiro atoms. The van der Waals surface area contributed by atoms with Crippen LogP contribution in [0.25, 0.3) is 22.6 Å². The number of hydrogen-bond donors (Lipinski definition) is 1. The van der Waals surface area contributed by atoms with E-state index in [0.717, 1.165) is 29.6 Å². The van der Waals surface area contributed by atoms with E-state index < -0.39 is 11.9 Å². The van der Waals surface area contributed by atoms with Crippen LogP contribution in [0, 0.1) is 5.92 Å². The molecule has 1 saturated carbocycles. The molecule has 0 saturated heterocycles. The van der Waals surface area contributed by atoms with Crippen molar-refractivity contribution in [3.05, 3.63) is 30.2 Å². The molecule has 0 aliphatic heterocycles. The number of carbonyl (C=O) groups excluding carboxylic acids is 1. The molecule has 10 heteroatoms. The van der Waals surface area contributed by atoms with Gasteiger partial charge in [-0.25, -0.2) is 15.0 Å². The maximum Gasteiger partial charge on any atom is 0.433 e. The fourth-order valence-electron chi connectivity index (χ4n) is 2.99. The molecule has 4 rings (SSSR count). The minimum Gasteiger partial charge on any atom is -0.325 e. The molecule has 1 aliphatic rings. The van der Waals surface area contributed by atoms with Gasteiger partial charge in [-0.1, -0.05) is 6.92 Å². The number of carbonyl (C=O) groups is 1. The summed E-state index contributed by atoms with van der Waals surface area (Å²) in [6, 6.07) is 2.77. The van der Waals surface area contributed by atoms with Gasteiger partial charge in [-0.3, -0.25) is 4.79 Å². The topological polar surface area (TPSA) is 72.7 Å². The average molecular weight is 421 g/mol. The second kappa shape index (κ2) is 7.33. The van der Waals surface area contributed by atoms with Crippen molar-refractivity contribution in [3.63, 3.8) is 0 Å². The number of hydrogen-bond acceptors (Lipinski definition) is 5. The van der Waals surface area contributed by atoms with Crippen LogP contribution in [0.4, 0.5) is 18.9 Å². The lowest BCUT2D eigenvalue weighted by molar-refractivity contribution is -0.141. The lowest BCUT2D eigenvalue weighted by atomic mass is 10.3. The zero-order valence-corrected chi connectivity index (χ0v) is 16.6. The molecule has 1 amide bonds. The Hall–Kier alpha value is -2.62. The molecule has 1 fully saturated rings. The Labute approximate surface area is 168 Å². The van der Waals surface area contributed by atoms with E-state index in [1.165, 1.54) is 18.0 Å². The molecule has 152 valence electrons. The third-order valence-electron chi connectivity index (χ3n) is 4.64. The van der Waals surface area contributed by atoms with Crippen molar-refractivity contribution in [1.82, 2.24) is 19.5 Å². The lowest BCUT2D eigenvalue weighted by Crippen LogP contribution is -2.13. The Kier molecular flexibility index (Phi) is 4.97. The summed E-state index contributed by atoms with van der Waals surface area (Å²) >= 11 is 1.53. The second-order valence-corrected chi connectivity index (χ2v) is 8.12. The first-order chi connectivity index (χ1) is 13.8. The number of alkyl halides is 3. The van der Waals surface area contributed by atoms with E-state index in [0.29, 0.717) is 22.7 Å². The van der Waals surface area contributed by atoms with Gasteiger partial charge in [0.15, 0.2) is 5.82 Å². The molecule has 0 unspecified atom stereocenters. The molecule has 0 bridgehead atoms. The predicted molar refractivity (Wildman–Crippen MR) is 104 cm³/mol. The van der Waals surface area contributed by atoms with Crippen LogP contribution >= 0.6 is 11.8 Å². The van der Waals surface area contributed by atoms with Gasteiger partial charge in [-0.2, -0.15) is 13.2 Å². The Bertz CT molecular complexity index is 1090. The van der Waals surface area contributed by atoms with E-state index in [1.54, 1.807) is 17.8 Å². The fourth-order valence-corrected chi connectivity index (χ4v) is 3.79. The van der Waals surface area contributed by atoms with Crippen molar-refractivity contribution < 1.29 is 18.0 Å². The van der Waals surface area contributed by atoms with Gasteiger partial charge in [0.2, 0.25) is 5.91 Å². The number of anilines is 1. The van der Waals surface area contributed by atoms with E-state index >= 15 is 0 Å². The van der Waals surface area contributed by atoms with Gasteiger partial charge < -0.3 is 9.88 Å². The number of pyridine rings is 2. The lowest BCUT2D eigenvalue weighted by Gasteiger charge is -2.11. The first-order valence-corrected chi connectivity index (χ1v) is 10.1. The fraction of sp³-hybridized carbons (Fsp3) is 0.368. The number of imidazole rings is 1. The maximum absolute atomic E-state index is 13.0. The maximum atomic E-state index is 13.0. The minimum absolute atomic E-state index is 0.0134. The molecule has 6 nitrogen and oxygen atoms in total. The molecule has 3 aromatic heterocycles. The standard InChI is InChI=1S/C19H18F3N5OS/c1-3-29-14-6-11(25-18(28)10-4-5-10)8-24-16(14)17-26-12-7-15(19(20,21)22)23-9-13(12)27(17)2/h6-10H,3-5H2,1-2H3,(H,25,28). The van der Waals surface area contributed by atoms with Gasteiger partial charge in [0, 0.05) is 17.9 Å². The smallest absolute Gasteiger partial charge is 0.325 e. The largest absolute Gasteiger partial charge is 0.433 e. The van der Waals surface area contributed by atoms with E-state index in [2.05, 4.69) is 20.3 Å². The van der Waals surface area contributed by atoms with Crippen LogP contribution in [0.5, 0.6) is 0 Å². The molecular weight excluding hydrogens is 403 g/mol. The summed E-state index contributed by atoms with van der Waals surface area (Å²) in [4.78, 5) is 25.2. The van der Waals surface area contributed by atoms with Gasteiger partial charge in [-0.15, -0.1) is 11.8 Å². The van der Waals surface area contributed by atoms with Gasteiger partial charge in [0.25, 0.3) is 0 Å². The number of amides is 1. The zero-order chi connectivity index (χ0) is 20.8. The van der Waals surface area contributed by atoms with Crippen LogP contribution in [0.2, 0.25) is 0 Å². The Balaban J connectivity index is 1.75. The van der Waals surface area contributed by atoms with Gasteiger partial charge in [0.1, 0.15) is 11.4 Å². The van der Waals surface area contributed by atoms with E-state index in [4.69, 9.17) is 0 Å². The summed E-state index contributed by atoms with van der Waals surface area (Å²) in [7, 11) is 1.71. The van der Waals surface area contributed by atoms with Crippen LogP contribution in [-0.2, 0) is 18.0 Å². The molecule has 3 aromatic rings. The van der Waals surface area contributed by atoms with Gasteiger partial charge in [-0.05, 0) is 30.7 Å². The number of fused-ring (bicyclic) bond motifs is 1. The number of nitrogens with zero attached hydrogens (tertiary/aromatic N) is 4. The SMILES string of the molecule is CCSc1cc(NC(=O)C2CC2)cnc1-c1nc2cc(C(F)(F)F)ncc2n1C. The summed E-state index contributed by atoms with van der Waals surface area (Å²) < 4.78 is 40.6. The molecule has 1 aliphatic carbocycles. The first kappa shape index (κ1) is 19.7. The van der Waals surface area contributed by atoms with Crippen molar-refractivity contribution in [3.8, 4) is 11.5 Å². The third kappa shape index (κ3) is 3.93. The van der Waals surface area contributed by atoms with Crippen molar-refractivity contribution in [2.75, 3.05) is 11.1 Å². The number of thioether (sulfide) groups is 1. The molecule has 0 atom stereocenters. The van der Waals surface area contributed by atoms with Gasteiger partial charge >= 0.3 is 6.18 Å². The third-order valence-corrected chi connectivity index (χ3v) is 5.55. The average Bonchev–Trinajstić information content (AvgIpc) is 3.46. The Morgan fingerprint density at radius 2 is 2.03 bits per heavy atom. The molecule has 0 radical (unpaired) electrons. The number of rotatable bonds is 5. The predicted octanol–water partition coefficient (Wildman–Crippen LogP) is 4.51. The molecule has 3 heterocycles. The van der Waals surface area contributed by atoms with E-state index in [-0.39, 0.29) is 17.3 Å². The molecule has 29 heavy (non-hydrogen) atoms. The molecule has 1 N–H and O–H groups in total. The normalized spacial score (nSPS) is 14.4. The highest BCUT2D eigenvalue weighted by atomic mass is 32.2. The Morgan fingerprint density at radius 3 is 2.69 bits per heavy atom. The van der Waals surface area contributed by atoms with Crippen LogP contribution in [0.1, 0.15) is 25.5 Å². The molecular formula is C19H18F3N5OS. The number of aryl methyl sites for hydroxylation is 1. The van der Waals surface area contributed by atoms with Crippen molar-refractivity contribution in [2.24, 2.45) is 13.0 Å². The Morgan fingerprint density at radius 1 is 1.28 bits per heavy atom. The van der Waals surface area contributed by atoms with E-state index in [1.807, 2.05) is 13.0 Å². The summed E-state index contributed by atoms with van der Waals surface area (Å²) in [5.41, 5.74) is 0.845. The quantitative estimate of drug-likeness (QED) is 0.614. The molecule has 0 aromatic carbocycles. The number of nitrogens with one attached hydrogen (secondary N) is 1. The minimum atomic E-state index is -4.53. The van der Waals surface area contributed by atoms with Gasteiger partial charge in [0.05, 0.1) is 29.1 Å². The summed E-state index contributed by atoms with van der Waals surface area (Å²) in [6.07, 6.45) is -0.00218. The number of aromatic nitrogens is 4. The summed E-state index contributed by atoms with van der Waals surface area (Å²) in [6.45, 7) is 1.98. The van der Waals surface area contributed by atoms with Crippen molar-refractivity contribution >= 4 is 34.4 Å². The zero-order valence-electron chi connectivity index (χ0n) is 15.7. The number of halogens is 3. The van der Waals surface area contributed by atoms with Crippen molar-refractivity contribution in [1.29, 1.82) is 0 Å². The van der Waals surface area contributed by atoms with Crippen LogP contribution in [0.3, 0.4) is 0 Å². The highest BCUT2D eigenvalue weighted by molar-refractivity contribution is 7.99. The monoisotopic (exact) mass is 421 g/mol. The van der Waals surface area contributed by atoms with Crippen LogP contribution in [0.15, 0.2) is 29.4 Å². The van der Waals surface area contributed by atoms with E-state index in [9.17, 15) is 18.0 Å². The summed E-state index contributed by atoms with van der Waals surface area (Å²) in [5, 5.41) is 2.87. The highest BCUT2D eigenvalue weighted by Gasteiger charge is 2.33. The van der Waals surface area contributed by atoms with Crippen LogP contribution < -0.4 is 5.32 Å². The van der Waals surface area contributed by atoms with Crippen LogP contribution in [-0.4, -0.2) is 31.2 Å². The van der Waals surface area contributed by atoms with Crippen molar-refractivity contribution in [2.45, 2.75) is 30.8 Å². The first-order valence-electron chi connectivity index (χ1n) is 9.11. The second-order valence-electron chi connectivity index (χ2n) is 6.82. The summed E-state index contributed by atoms with van der Waals surface area (Å²) in [5.74, 6) is 1.27. The highest BCUT2D eigenvalue weighted by Crippen LogP contribution is 2.35.